The van der Waals surface area contributed by atoms with Crippen LogP contribution in [0, 0.1) is 0 Å². The minimum atomic E-state index is -3.92. The Bertz CT molecular complexity index is 1560. The van der Waals surface area contributed by atoms with Gasteiger partial charge < -0.3 is 4.42 Å². The number of aromatic nitrogens is 1. The topological polar surface area (TPSA) is 63.4 Å². The van der Waals surface area contributed by atoms with Gasteiger partial charge in [0.15, 0.2) is 5.58 Å². The van der Waals surface area contributed by atoms with Crippen LogP contribution in [-0.4, -0.2) is 13.4 Å². The van der Waals surface area contributed by atoms with Crippen LogP contribution in [0.3, 0.4) is 0 Å². The Kier molecular flexibility index (Phi) is 6.81. The third kappa shape index (κ3) is 5.37. The minimum absolute atomic E-state index is 0.133. The highest BCUT2D eigenvalue weighted by Crippen LogP contribution is 2.31. The van der Waals surface area contributed by atoms with E-state index in [4.69, 9.17) is 16.0 Å². The fraction of sp³-hybridized carbons (Fsp3) is 0.0741. The number of nitrogens with zero attached hydrogens (tertiary/aromatic N) is 2. The number of hydrogen-bond donors (Lipinski definition) is 0. The highest BCUT2D eigenvalue weighted by Gasteiger charge is 2.26. The standard InChI is InChI=1S/C27H21ClN2O3S2/c28-22-12-7-13-23(16-22)30(18-20-8-3-1-4-9-20)35(31,32)24-14-15-26-25(17-24)29-27(33-26)34-19-21-10-5-2-6-11-21/h1-17H,18-19H2. The van der Waals surface area contributed by atoms with E-state index in [9.17, 15) is 8.42 Å². The van der Waals surface area contributed by atoms with Crippen molar-refractivity contribution in [1.82, 2.24) is 4.98 Å². The summed E-state index contributed by atoms with van der Waals surface area (Å²) >= 11 is 7.66. The molecule has 1 aromatic heterocycles. The van der Waals surface area contributed by atoms with Gasteiger partial charge in [0.2, 0.25) is 0 Å². The second-order valence-corrected chi connectivity index (χ2v) is 11.1. The average molecular weight is 521 g/mol. The third-order valence-electron chi connectivity index (χ3n) is 5.40. The molecule has 0 N–H and O–H groups in total. The van der Waals surface area contributed by atoms with Gasteiger partial charge in [-0.1, -0.05) is 90.1 Å². The summed E-state index contributed by atoms with van der Waals surface area (Å²) in [4.78, 5) is 4.66. The number of thioether (sulfide) groups is 1. The smallest absolute Gasteiger partial charge is 0.264 e. The molecular weight excluding hydrogens is 500 g/mol. The summed E-state index contributed by atoms with van der Waals surface area (Å²) in [5, 5.41) is 0.956. The van der Waals surface area contributed by atoms with Crippen LogP contribution in [0.1, 0.15) is 11.1 Å². The first-order valence-electron chi connectivity index (χ1n) is 10.9. The lowest BCUT2D eigenvalue weighted by atomic mass is 10.2. The molecule has 0 fully saturated rings. The molecule has 1 heterocycles. The lowest BCUT2D eigenvalue weighted by Gasteiger charge is -2.25. The molecule has 8 heteroatoms. The van der Waals surface area contributed by atoms with Crippen molar-refractivity contribution in [2.75, 3.05) is 4.31 Å². The largest absolute Gasteiger partial charge is 0.431 e. The second-order valence-electron chi connectivity index (χ2n) is 7.86. The Labute approximate surface area is 213 Å². The summed E-state index contributed by atoms with van der Waals surface area (Å²) < 4.78 is 34.9. The van der Waals surface area contributed by atoms with Gasteiger partial charge in [-0.3, -0.25) is 4.31 Å². The molecule has 0 aliphatic rings. The molecule has 5 rings (SSSR count). The molecule has 35 heavy (non-hydrogen) atoms. The third-order valence-corrected chi connectivity index (χ3v) is 8.30. The number of anilines is 1. The van der Waals surface area contributed by atoms with Crippen LogP contribution in [0.4, 0.5) is 5.69 Å². The predicted octanol–water partition coefficient (Wildman–Crippen LogP) is 7.17. The molecular formula is C27H21ClN2O3S2. The summed E-state index contributed by atoms with van der Waals surface area (Å²) in [5.41, 5.74) is 3.53. The number of benzene rings is 4. The van der Waals surface area contributed by atoms with E-state index in [2.05, 4.69) is 4.98 Å². The van der Waals surface area contributed by atoms with Crippen molar-refractivity contribution in [3.8, 4) is 0 Å². The maximum Gasteiger partial charge on any atom is 0.264 e. The second kappa shape index (κ2) is 10.2. The van der Waals surface area contributed by atoms with E-state index < -0.39 is 10.0 Å². The SMILES string of the molecule is O=S(=O)(c1ccc2oc(SCc3ccccc3)nc2c1)N(Cc1ccccc1)c1cccc(Cl)c1. The average Bonchev–Trinajstić information content (AvgIpc) is 3.29. The Morgan fingerprint density at radius 1 is 0.829 bits per heavy atom. The van der Waals surface area contributed by atoms with Crippen molar-refractivity contribution >= 4 is 50.2 Å². The molecule has 0 aliphatic heterocycles. The number of fused-ring (bicyclic) bond motifs is 1. The molecule has 0 aliphatic carbocycles. The first-order chi connectivity index (χ1) is 17.0. The van der Waals surface area contributed by atoms with Gasteiger partial charge in [-0.05, 0) is 47.5 Å². The molecule has 0 amide bonds. The van der Waals surface area contributed by atoms with Crippen molar-refractivity contribution in [2.24, 2.45) is 0 Å². The van der Waals surface area contributed by atoms with Crippen LogP contribution < -0.4 is 4.31 Å². The predicted molar refractivity (Wildman–Crippen MR) is 141 cm³/mol. The Morgan fingerprint density at radius 2 is 1.54 bits per heavy atom. The molecule has 0 spiro atoms. The van der Waals surface area contributed by atoms with Crippen LogP contribution in [0.5, 0.6) is 0 Å². The zero-order valence-corrected chi connectivity index (χ0v) is 20.9. The van der Waals surface area contributed by atoms with Gasteiger partial charge in [-0.15, -0.1) is 0 Å². The molecule has 0 atom stereocenters. The molecule has 0 saturated carbocycles. The van der Waals surface area contributed by atoms with E-state index in [0.717, 1.165) is 11.1 Å². The van der Waals surface area contributed by atoms with E-state index in [0.29, 0.717) is 32.8 Å². The highest BCUT2D eigenvalue weighted by molar-refractivity contribution is 7.98. The van der Waals surface area contributed by atoms with Gasteiger partial charge in [-0.2, -0.15) is 0 Å². The summed E-state index contributed by atoms with van der Waals surface area (Å²) in [7, 11) is -3.92. The maximum atomic E-state index is 13.8. The van der Waals surface area contributed by atoms with E-state index >= 15 is 0 Å². The van der Waals surface area contributed by atoms with Gasteiger partial charge >= 0.3 is 0 Å². The highest BCUT2D eigenvalue weighted by atomic mass is 35.5. The van der Waals surface area contributed by atoms with Gasteiger partial charge in [0.25, 0.3) is 15.2 Å². The van der Waals surface area contributed by atoms with Crippen LogP contribution in [0.2, 0.25) is 5.02 Å². The zero-order valence-electron chi connectivity index (χ0n) is 18.5. The molecule has 4 aromatic carbocycles. The number of oxazole rings is 1. The monoisotopic (exact) mass is 520 g/mol. The number of rotatable bonds is 8. The van der Waals surface area contributed by atoms with Crippen molar-refractivity contribution in [2.45, 2.75) is 22.4 Å². The lowest BCUT2D eigenvalue weighted by molar-refractivity contribution is 0.489. The van der Waals surface area contributed by atoms with Gasteiger partial charge in [0.1, 0.15) is 5.52 Å². The summed E-state index contributed by atoms with van der Waals surface area (Å²) in [5.74, 6) is 0.707. The number of hydrogen-bond acceptors (Lipinski definition) is 5. The van der Waals surface area contributed by atoms with E-state index in [1.165, 1.54) is 16.1 Å². The van der Waals surface area contributed by atoms with Gasteiger partial charge in [0, 0.05) is 10.8 Å². The molecule has 0 saturated heterocycles. The molecule has 5 aromatic rings. The van der Waals surface area contributed by atoms with E-state index in [1.54, 1.807) is 42.5 Å². The van der Waals surface area contributed by atoms with E-state index in [1.807, 2.05) is 60.7 Å². The molecule has 0 radical (unpaired) electrons. The van der Waals surface area contributed by atoms with Crippen LogP contribution in [0.25, 0.3) is 11.1 Å². The molecule has 0 bridgehead atoms. The summed E-state index contributed by atoms with van der Waals surface area (Å²) in [6, 6.07) is 31.1. The minimum Gasteiger partial charge on any atom is -0.431 e. The Hall–Kier alpha value is -3.26. The van der Waals surface area contributed by atoms with E-state index in [-0.39, 0.29) is 11.4 Å². The first-order valence-corrected chi connectivity index (χ1v) is 13.7. The molecule has 0 unspecified atom stereocenters. The van der Waals surface area contributed by atoms with Crippen molar-refractivity contribution in [3.05, 3.63) is 119 Å². The van der Waals surface area contributed by atoms with Crippen LogP contribution >= 0.6 is 23.4 Å². The fourth-order valence-electron chi connectivity index (χ4n) is 3.65. The lowest BCUT2D eigenvalue weighted by Crippen LogP contribution is -2.30. The first kappa shape index (κ1) is 23.5. The molecule has 5 nitrogen and oxygen atoms in total. The zero-order chi connectivity index (χ0) is 24.3. The Morgan fingerprint density at radius 3 is 2.26 bits per heavy atom. The van der Waals surface area contributed by atoms with Gasteiger partial charge in [-0.25, -0.2) is 13.4 Å². The van der Waals surface area contributed by atoms with Crippen molar-refractivity contribution in [1.29, 1.82) is 0 Å². The van der Waals surface area contributed by atoms with Gasteiger partial charge in [0.05, 0.1) is 17.1 Å². The fourth-order valence-corrected chi connectivity index (χ4v) is 6.09. The molecule has 176 valence electrons. The van der Waals surface area contributed by atoms with Crippen molar-refractivity contribution in [3.63, 3.8) is 0 Å². The summed E-state index contributed by atoms with van der Waals surface area (Å²) in [6.07, 6.45) is 0. The van der Waals surface area contributed by atoms with Crippen molar-refractivity contribution < 1.29 is 12.8 Å². The van der Waals surface area contributed by atoms with Crippen LogP contribution in [0.15, 0.2) is 118 Å². The maximum absolute atomic E-state index is 13.8. The van der Waals surface area contributed by atoms with Crippen LogP contribution in [-0.2, 0) is 22.3 Å². The Balaban J connectivity index is 1.47. The number of sulfonamides is 1. The number of halogens is 1. The normalized spacial score (nSPS) is 11.6. The summed E-state index contributed by atoms with van der Waals surface area (Å²) in [6.45, 7) is 0.165. The quantitative estimate of drug-likeness (QED) is 0.203.